The lowest BCUT2D eigenvalue weighted by atomic mass is 9.99. The standard InChI is InChI=1S/C21H18ClN3O2S/c1-12-7-8-14(9-13(12)2)19(26)16-10-25(11-17-21(22)28-24-23-17)18-6-4-3-5-15(18)20(16)27/h3-10,17,21H,11H2,1-2H3. The molecule has 4 rings (SSSR count). The molecule has 142 valence electrons. The maximum absolute atomic E-state index is 13.1. The number of hydrogen-bond acceptors (Lipinski definition) is 5. The van der Waals surface area contributed by atoms with Crippen LogP contribution < -0.4 is 5.43 Å². The van der Waals surface area contributed by atoms with Crippen molar-refractivity contribution < 1.29 is 4.79 Å². The fourth-order valence-electron chi connectivity index (χ4n) is 3.27. The summed E-state index contributed by atoms with van der Waals surface area (Å²) in [6, 6.07) is 12.5. The molecule has 0 saturated heterocycles. The Hall–Kier alpha value is -2.44. The Kier molecular flexibility index (Phi) is 5.08. The van der Waals surface area contributed by atoms with Crippen molar-refractivity contribution in [3.05, 3.63) is 81.1 Å². The zero-order valence-electron chi connectivity index (χ0n) is 15.4. The monoisotopic (exact) mass is 411 g/mol. The molecular weight excluding hydrogens is 394 g/mol. The van der Waals surface area contributed by atoms with E-state index in [0.29, 0.717) is 17.5 Å². The number of alkyl halides is 1. The molecule has 2 heterocycles. The molecule has 28 heavy (non-hydrogen) atoms. The number of pyridine rings is 1. The lowest BCUT2D eigenvalue weighted by Crippen LogP contribution is -2.24. The van der Waals surface area contributed by atoms with Gasteiger partial charge in [-0.25, -0.2) is 0 Å². The number of benzene rings is 2. The van der Waals surface area contributed by atoms with Crippen molar-refractivity contribution in [2.45, 2.75) is 31.1 Å². The van der Waals surface area contributed by atoms with Crippen LogP contribution in [0, 0.1) is 13.8 Å². The number of aryl methyl sites for hydroxylation is 2. The summed E-state index contributed by atoms with van der Waals surface area (Å²) in [6.07, 6.45) is 1.63. The van der Waals surface area contributed by atoms with Gasteiger partial charge in [0.15, 0.2) is 5.78 Å². The van der Waals surface area contributed by atoms with Crippen LogP contribution in [0.15, 0.2) is 63.1 Å². The summed E-state index contributed by atoms with van der Waals surface area (Å²) in [5, 5.41) is 4.67. The van der Waals surface area contributed by atoms with Gasteiger partial charge in [-0.3, -0.25) is 9.59 Å². The number of para-hydroxylation sites is 1. The molecule has 2 aromatic carbocycles. The van der Waals surface area contributed by atoms with Crippen molar-refractivity contribution in [3.8, 4) is 0 Å². The molecular formula is C21H18ClN3O2S. The minimum Gasteiger partial charge on any atom is -0.344 e. The van der Waals surface area contributed by atoms with Crippen LogP contribution in [0.5, 0.6) is 0 Å². The summed E-state index contributed by atoms with van der Waals surface area (Å²) in [7, 11) is 0. The second-order valence-corrected chi connectivity index (χ2v) is 8.50. The lowest BCUT2D eigenvalue weighted by Gasteiger charge is -2.16. The molecule has 0 aliphatic carbocycles. The van der Waals surface area contributed by atoms with Crippen molar-refractivity contribution >= 4 is 40.2 Å². The maximum Gasteiger partial charge on any atom is 0.200 e. The molecule has 0 radical (unpaired) electrons. The van der Waals surface area contributed by atoms with Gasteiger partial charge >= 0.3 is 0 Å². The van der Waals surface area contributed by atoms with E-state index in [2.05, 4.69) is 9.63 Å². The van der Waals surface area contributed by atoms with Gasteiger partial charge < -0.3 is 4.57 Å². The second kappa shape index (κ2) is 7.53. The highest BCUT2D eigenvalue weighted by molar-refractivity contribution is 7.99. The number of nitrogens with zero attached hydrogens (tertiary/aromatic N) is 3. The zero-order chi connectivity index (χ0) is 19.8. The van der Waals surface area contributed by atoms with Gasteiger partial charge in [-0.05, 0) is 43.2 Å². The third-order valence-corrected chi connectivity index (χ3v) is 6.26. The van der Waals surface area contributed by atoms with E-state index in [1.165, 1.54) is 11.9 Å². The highest BCUT2D eigenvalue weighted by Crippen LogP contribution is 2.31. The number of halogens is 1. The van der Waals surface area contributed by atoms with Crippen LogP contribution >= 0.6 is 23.5 Å². The first-order valence-electron chi connectivity index (χ1n) is 8.90. The van der Waals surface area contributed by atoms with Crippen molar-refractivity contribution in [1.82, 2.24) is 4.57 Å². The summed E-state index contributed by atoms with van der Waals surface area (Å²) in [5.74, 6) is -0.280. The van der Waals surface area contributed by atoms with E-state index in [-0.39, 0.29) is 27.5 Å². The van der Waals surface area contributed by atoms with E-state index < -0.39 is 0 Å². The van der Waals surface area contributed by atoms with Crippen LogP contribution in [0.4, 0.5) is 0 Å². The molecule has 0 amide bonds. The van der Waals surface area contributed by atoms with E-state index in [1.54, 1.807) is 24.4 Å². The molecule has 1 aliphatic rings. The van der Waals surface area contributed by atoms with Gasteiger partial charge in [0.25, 0.3) is 0 Å². The Morgan fingerprint density at radius 3 is 2.68 bits per heavy atom. The predicted molar refractivity (Wildman–Crippen MR) is 113 cm³/mol. The molecule has 1 aromatic heterocycles. The first-order valence-corrected chi connectivity index (χ1v) is 10.2. The second-order valence-electron chi connectivity index (χ2n) is 6.89. The third kappa shape index (κ3) is 3.38. The molecule has 0 fully saturated rings. The van der Waals surface area contributed by atoms with E-state index in [1.807, 2.05) is 42.7 Å². The van der Waals surface area contributed by atoms with Gasteiger partial charge in [-0.2, -0.15) is 5.11 Å². The molecule has 1 aliphatic heterocycles. The van der Waals surface area contributed by atoms with Gasteiger partial charge in [0.1, 0.15) is 10.8 Å². The predicted octanol–water partition coefficient (Wildman–Crippen LogP) is 4.90. The average molecular weight is 412 g/mol. The Balaban J connectivity index is 1.85. The molecule has 2 unspecified atom stereocenters. The van der Waals surface area contributed by atoms with Crippen LogP contribution in [0.1, 0.15) is 27.0 Å². The third-order valence-electron chi connectivity index (χ3n) is 5.03. The summed E-state index contributed by atoms with van der Waals surface area (Å²) in [6.45, 7) is 4.39. The van der Waals surface area contributed by atoms with Crippen LogP contribution in [-0.2, 0) is 6.54 Å². The molecule has 0 saturated carbocycles. The number of fused-ring (bicyclic) bond motifs is 1. The highest BCUT2D eigenvalue weighted by atomic mass is 35.5. The largest absolute Gasteiger partial charge is 0.344 e. The summed E-state index contributed by atoms with van der Waals surface area (Å²) < 4.78 is 5.55. The van der Waals surface area contributed by atoms with Crippen molar-refractivity contribution in [2.75, 3.05) is 0 Å². The normalized spacial score (nSPS) is 18.7. The van der Waals surface area contributed by atoms with Crippen molar-refractivity contribution in [2.24, 2.45) is 9.63 Å². The number of ketones is 1. The Bertz CT molecular complexity index is 1170. The smallest absolute Gasteiger partial charge is 0.200 e. The Morgan fingerprint density at radius 2 is 1.96 bits per heavy atom. The van der Waals surface area contributed by atoms with E-state index >= 15 is 0 Å². The van der Waals surface area contributed by atoms with Crippen LogP contribution in [0.3, 0.4) is 0 Å². The quantitative estimate of drug-likeness (QED) is 0.348. The summed E-state index contributed by atoms with van der Waals surface area (Å²) in [4.78, 5) is 26.2. The topological polar surface area (TPSA) is 63.8 Å². The number of rotatable bonds is 4. The maximum atomic E-state index is 13.1. The zero-order valence-corrected chi connectivity index (χ0v) is 17.0. The van der Waals surface area contributed by atoms with E-state index in [0.717, 1.165) is 16.6 Å². The van der Waals surface area contributed by atoms with Gasteiger partial charge in [0.2, 0.25) is 5.43 Å². The number of carbonyl (C=O) groups excluding carboxylic acids is 1. The molecule has 0 spiro atoms. The summed E-state index contributed by atoms with van der Waals surface area (Å²) >= 11 is 7.50. The van der Waals surface area contributed by atoms with Crippen molar-refractivity contribution in [3.63, 3.8) is 0 Å². The van der Waals surface area contributed by atoms with Gasteiger partial charge in [-0.15, -0.1) is 16.1 Å². The molecule has 7 heteroatoms. The fraction of sp³-hybridized carbons (Fsp3) is 0.238. The number of hydrogen-bond donors (Lipinski definition) is 0. The van der Waals surface area contributed by atoms with Crippen LogP contribution in [0.2, 0.25) is 0 Å². The first kappa shape index (κ1) is 18.9. The first-order chi connectivity index (χ1) is 13.5. The highest BCUT2D eigenvalue weighted by Gasteiger charge is 2.26. The minimum absolute atomic E-state index is 0.149. The van der Waals surface area contributed by atoms with Crippen LogP contribution in [0.25, 0.3) is 10.9 Å². The molecule has 0 bridgehead atoms. The summed E-state index contributed by atoms with van der Waals surface area (Å²) in [5.41, 5.74) is 3.26. The van der Waals surface area contributed by atoms with Crippen molar-refractivity contribution in [1.29, 1.82) is 0 Å². The van der Waals surface area contributed by atoms with Gasteiger partial charge in [0.05, 0.1) is 11.1 Å². The van der Waals surface area contributed by atoms with Crippen LogP contribution in [-0.4, -0.2) is 21.1 Å². The number of aromatic nitrogens is 1. The minimum atomic E-state index is -0.280. The molecule has 5 nitrogen and oxygen atoms in total. The molecule has 3 aromatic rings. The van der Waals surface area contributed by atoms with E-state index in [4.69, 9.17) is 11.6 Å². The van der Waals surface area contributed by atoms with Gasteiger partial charge in [-0.1, -0.05) is 24.3 Å². The lowest BCUT2D eigenvalue weighted by molar-refractivity contribution is 0.103. The van der Waals surface area contributed by atoms with E-state index in [9.17, 15) is 9.59 Å². The Labute approximate surface area is 171 Å². The fourth-order valence-corrected chi connectivity index (χ4v) is 4.06. The molecule has 2 atom stereocenters. The Morgan fingerprint density at radius 1 is 1.18 bits per heavy atom. The van der Waals surface area contributed by atoms with Gasteiger partial charge in [0, 0.05) is 35.6 Å². The average Bonchev–Trinajstić information content (AvgIpc) is 3.10. The molecule has 0 N–H and O–H groups in total. The SMILES string of the molecule is Cc1ccc(C(=O)c2cn(CC3N=NSC3Cl)c3ccccc3c2=O)cc1C. The number of carbonyl (C=O) groups is 1.